The van der Waals surface area contributed by atoms with E-state index >= 15 is 0 Å². The number of nitrogens with zero attached hydrogens (tertiary/aromatic N) is 1. The molecule has 0 saturated heterocycles. The highest BCUT2D eigenvalue weighted by molar-refractivity contribution is 5.79. The first-order valence-electron chi connectivity index (χ1n) is 7.93. The van der Waals surface area contributed by atoms with Crippen LogP contribution in [0.5, 0.6) is 0 Å². The Balaban J connectivity index is 2.01. The first-order chi connectivity index (χ1) is 9.42. The van der Waals surface area contributed by atoms with Gasteiger partial charge in [0.15, 0.2) is 0 Å². The van der Waals surface area contributed by atoms with Gasteiger partial charge in [-0.15, -0.1) is 0 Å². The number of carboxylic acid groups (broad SMARTS) is 1. The maximum Gasteiger partial charge on any atom is 0.303 e. The van der Waals surface area contributed by atoms with E-state index in [1.165, 1.54) is 0 Å². The van der Waals surface area contributed by atoms with Gasteiger partial charge in [0.2, 0.25) is 5.91 Å². The molecule has 0 aromatic rings. The molecule has 0 atom stereocenters. The molecule has 2 rings (SSSR count). The van der Waals surface area contributed by atoms with Gasteiger partial charge in [0, 0.05) is 19.0 Å². The highest BCUT2D eigenvalue weighted by Crippen LogP contribution is 2.45. The van der Waals surface area contributed by atoms with Crippen LogP contribution in [-0.4, -0.2) is 34.5 Å². The van der Waals surface area contributed by atoms with Crippen LogP contribution in [0.1, 0.15) is 65.2 Å². The Hall–Kier alpha value is -1.06. The van der Waals surface area contributed by atoms with E-state index in [4.69, 9.17) is 5.11 Å². The fraction of sp³-hybridized carbons (Fsp3) is 0.875. The third-order valence-corrected chi connectivity index (χ3v) is 4.59. The largest absolute Gasteiger partial charge is 0.481 e. The maximum atomic E-state index is 12.6. The van der Waals surface area contributed by atoms with Gasteiger partial charge in [-0.1, -0.05) is 26.7 Å². The molecule has 2 saturated carbocycles. The lowest BCUT2D eigenvalue weighted by molar-refractivity contribution is -0.141. The average molecular weight is 281 g/mol. The normalized spacial score (nSPS) is 21.1. The van der Waals surface area contributed by atoms with E-state index in [2.05, 4.69) is 13.8 Å². The van der Waals surface area contributed by atoms with Gasteiger partial charge in [0.05, 0.1) is 6.42 Å². The van der Waals surface area contributed by atoms with Crippen LogP contribution < -0.4 is 0 Å². The number of carbonyl (C=O) groups is 2. The summed E-state index contributed by atoms with van der Waals surface area (Å²) in [6.45, 7) is 5.07. The summed E-state index contributed by atoms with van der Waals surface area (Å²) in [5.41, 5.74) is -0.271. The van der Waals surface area contributed by atoms with Gasteiger partial charge in [-0.3, -0.25) is 9.59 Å². The molecular weight excluding hydrogens is 254 g/mol. The lowest BCUT2D eigenvalue weighted by Gasteiger charge is -2.31. The Morgan fingerprint density at radius 2 is 1.80 bits per heavy atom. The van der Waals surface area contributed by atoms with Gasteiger partial charge in [-0.2, -0.15) is 0 Å². The maximum absolute atomic E-state index is 12.6. The van der Waals surface area contributed by atoms with Crippen molar-refractivity contribution in [2.24, 2.45) is 11.3 Å². The summed E-state index contributed by atoms with van der Waals surface area (Å²) in [6.07, 6.45) is 6.73. The van der Waals surface area contributed by atoms with E-state index in [0.717, 1.165) is 45.1 Å². The van der Waals surface area contributed by atoms with Crippen LogP contribution in [0.4, 0.5) is 0 Å². The zero-order chi connectivity index (χ0) is 14.8. The van der Waals surface area contributed by atoms with E-state index in [0.29, 0.717) is 18.4 Å². The summed E-state index contributed by atoms with van der Waals surface area (Å²) < 4.78 is 0. The topological polar surface area (TPSA) is 57.6 Å². The minimum absolute atomic E-state index is 0.152. The number of amides is 1. The quantitative estimate of drug-likeness (QED) is 0.780. The van der Waals surface area contributed by atoms with E-state index in [9.17, 15) is 9.59 Å². The molecule has 1 amide bonds. The van der Waals surface area contributed by atoms with Crippen molar-refractivity contribution in [3.63, 3.8) is 0 Å². The number of carbonyl (C=O) groups excluding carboxylic acids is 1. The Bertz CT molecular complexity index is 368. The molecule has 114 valence electrons. The molecule has 1 N–H and O–H groups in total. The molecule has 2 aliphatic rings. The minimum Gasteiger partial charge on any atom is -0.481 e. The van der Waals surface area contributed by atoms with Gasteiger partial charge in [-0.25, -0.2) is 0 Å². The predicted octanol–water partition coefficient (Wildman–Crippen LogP) is 3.06. The molecule has 4 nitrogen and oxygen atoms in total. The van der Waals surface area contributed by atoms with Crippen molar-refractivity contribution in [1.29, 1.82) is 0 Å². The van der Waals surface area contributed by atoms with Crippen molar-refractivity contribution in [3.8, 4) is 0 Å². The minimum atomic E-state index is -0.762. The van der Waals surface area contributed by atoms with Crippen molar-refractivity contribution >= 4 is 11.9 Å². The van der Waals surface area contributed by atoms with Crippen LogP contribution in [0.15, 0.2) is 0 Å². The van der Waals surface area contributed by atoms with Crippen LogP contribution in [0, 0.1) is 11.3 Å². The van der Waals surface area contributed by atoms with Crippen LogP contribution in [0.25, 0.3) is 0 Å². The van der Waals surface area contributed by atoms with Crippen molar-refractivity contribution in [2.75, 3.05) is 6.54 Å². The fourth-order valence-corrected chi connectivity index (χ4v) is 3.52. The van der Waals surface area contributed by atoms with Gasteiger partial charge in [0.25, 0.3) is 0 Å². The van der Waals surface area contributed by atoms with Crippen LogP contribution in [0.3, 0.4) is 0 Å². The molecule has 0 aromatic carbocycles. The van der Waals surface area contributed by atoms with E-state index in [-0.39, 0.29) is 17.7 Å². The van der Waals surface area contributed by atoms with Gasteiger partial charge < -0.3 is 10.0 Å². The molecule has 0 radical (unpaired) electrons. The molecule has 0 aromatic heterocycles. The summed E-state index contributed by atoms with van der Waals surface area (Å²) in [5.74, 6) is -0.107. The third-order valence-electron chi connectivity index (χ3n) is 4.59. The molecule has 20 heavy (non-hydrogen) atoms. The van der Waals surface area contributed by atoms with Crippen LogP contribution >= 0.6 is 0 Å². The summed E-state index contributed by atoms with van der Waals surface area (Å²) in [6, 6.07) is 0.424. The molecule has 0 bridgehead atoms. The molecule has 0 spiro atoms. The van der Waals surface area contributed by atoms with E-state index < -0.39 is 5.97 Å². The first-order valence-corrected chi connectivity index (χ1v) is 7.93. The molecule has 0 heterocycles. The van der Waals surface area contributed by atoms with Crippen molar-refractivity contribution in [1.82, 2.24) is 4.90 Å². The van der Waals surface area contributed by atoms with E-state index in [1.54, 1.807) is 0 Å². The van der Waals surface area contributed by atoms with Gasteiger partial charge in [-0.05, 0) is 37.0 Å². The summed E-state index contributed by atoms with van der Waals surface area (Å²) >= 11 is 0. The Morgan fingerprint density at radius 3 is 2.25 bits per heavy atom. The van der Waals surface area contributed by atoms with Crippen LogP contribution in [-0.2, 0) is 9.59 Å². The fourth-order valence-electron chi connectivity index (χ4n) is 3.52. The number of rotatable bonds is 7. The first kappa shape index (κ1) is 15.3. The Morgan fingerprint density at radius 1 is 1.20 bits per heavy atom. The summed E-state index contributed by atoms with van der Waals surface area (Å²) in [7, 11) is 0. The highest BCUT2D eigenvalue weighted by atomic mass is 16.4. The second-order valence-corrected chi connectivity index (χ2v) is 7.13. The van der Waals surface area contributed by atoms with Crippen LogP contribution in [0.2, 0.25) is 0 Å². The van der Waals surface area contributed by atoms with E-state index in [1.807, 2.05) is 4.90 Å². The van der Waals surface area contributed by atoms with Crippen molar-refractivity contribution in [2.45, 2.75) is 71.3 Å². The lowest BCUT2D eigenvalue weighted by atomic mass is 9.79. The van der Waals surface area contributed by atoms with Gasteiger partial charge in [0.1, 0.15) is 0 Å². The number of carboxylic acids is 1. The predicted molar refractivity (Wildman–Crippen MR) is 77.3 cm³/mol. The second kappa shape index (κ2) is 6.15. The van der Waals surface area contributed by atoms with Gasteiger partial charge >= 0.3 is 5.97 Å². The zero-order valence-corrected chi connectivity index (χ0v) is 12.7. The van der Waals surface area contributed by atoms with Crippen molar-refractivity contribution < 1.29 is 14.7 Å². The molecular formula is C16H27NO3. The second-order valence-electron chi connectivity index (χ2n) is 7.13. The number of hydrogen-bond donors (Lipinski definition) is 1. The lowest BCUT2D eigenvalue weighted by Crippen LogP contribution is -2.39. The number of hydrogen-bond acceptors (Lipinski definition) is 2. The third kappa shape index (κ3) is 3.97. The average Bonchev–Trinajstić information content (AvgIpc) is 3.07. The SMILES string of the molecule is CC(C)CN(C(=O)CC1(CC(=O)O)CCCC1)C1CC1. The molecule has 0 unspecified atom stereocenters. The Labute approximate surface area is 121 Å². The highest BCUT2D eigenvalue weighted by Gasteiger charge is 2.41. The summed E-state index contributed by atoms with van der Waals surface area (Å²) in [5, 5.41) is 9.13. The summed E-state index contributed by atoms with van der Waals surface area (Å²) in [4.78, 5) is 25.8. The standard InChI is InChI=1S/C16H27NO3/c1-12(2)11-17(13-5-6-13)14(18)9-16(10-15(19)20)7-3-4-8-16/h12-13H,3-11H2,1-2H3,(H,19,20). The molecule has 2 aliphatic carbocycles. The smallest absolute Gasteiger partial charge is 0.303 e. The Kier molecular flexibility index (Phi) is 4.71. The molecule has 0 aliphatic heterocycles. The monoisotopic (exact) mass is 281 g/mol. The number of aliphatic carboxylic acids is 1. The zero-order valence-electron chi connectivity index (χ0n) is 12.7. The van der Waals surface area contributed by atoms with Crippen molar-refractivity contribution in [3.05, 3.63) is 0 Å². The molecule has 2 fully saturated rings. The molecule has 4 heteroatoms.